The fraction of sp³-hybridized carbons (Fsp3) is 0.222. The summed E-state index contributed by atoms with van der Waals surface area (Å²) in [5.74, 6) is 0.410. The molecule has 0 radical (unpaired) electrons. The van der Waals surface area contributed by atoms with Crippen molar-refractivity contribution in [2.45, 2.75) is 19.8 Å². The van der Waals surface area contributed by atoms with E-state index in [-0.39, 0.29) is 24.1 Å². The Morgan fingerprint density at radius 1 is 1.14 bits per heavy atom. The third-order valence-electron chi connectivity index (χ3n) is 5.91. The maximum Gasteiger partial charge on any atom is 0.290 e. The minimum Gasteiger partial charge on any atom is -0.459 e. The van der Waals surface area contributed by atoms with Gasteiger partial charge in [-0.25, -0.2) is 4.98 Å². The molecule has 8 heteroatoms. The summed E-state index contributed by atoms with van der Waals surface area (Å²) >= 11 is 6.05. The van der Waals surface area contributed by atoms with Crippen molar-refractivity contribution in [2.75, 3.05) is 18.4 Å². The van der Waals surface area contributed by atoms with Gasteiger partial charge in [0.25, 0.3) is 5.91 Å². The third kappa shape index (κ3) is 5.46. The first-order valence-corrected chi connectivity index (χ1v) is 11.9. The summed E-state index contributed by atoms with van der Waals surface area (Å²) in [4.78, 5) is 32.3. The number of hydrogen-bond donors (Lipinski definition) is 1. The number of nitrogens with one attached hydrogen (secondary N) is 1. The van der Waals surface area contributed by atoms with Crippen LogP contribution in [0.5, 0.6) is 0 Å². The highest BCUT2D eigenvalue weighted by atomic mass is 35.5. The van der Waals surface area contributed by atoms with Gasteiger partial charge >= 0.3 is 0 Å². The first kappa shape index (κ1) is 22.9. The maximum atomic E-state index is 13.1. The Bertz CT molecular complexity index is 1340. The van der Waals surface area contributed by atoms with Gasteiger partial charge in [-0.15, -0.1) is 0 Å². The zero-order valence-electron chi connectivity index (χ0n) is 19.3. The summed E-state index contributed by atoms with van der Waals surface area (Å²) in [5, 5.41) is 3.55. The smallest absolute Gasteiger partial charge is 0.290 e. The lowest BCUT2D eigenvalue weighted by Gasteiger charge is -2.21. The molecule has 4 aromatic rings. The predicted molar refractivity (Wildman–Crippen MR) is 135 cm³/mol. The normalized spacial score (nSPS) is 13.0. The summed E-state index contributed by atoms with van der Waals surface area (Å²) in [7, 11) is 0. The van der Waals surface area contributed by atoms with E-state index in [1.807, 2.05) is 54.1 Å². The number of rotatable bonds is 8. The highest BCUT2D eigenvalue weighted by Gasteiger charge is 2.30. The number of hydrogen-bond acceptors (Lipinski definition) is 4. The molecule has 35 heavy (non-hydrogen) atoms. The van der Waals surface area contributed by atoms with Crippen LogP contribution in [-0.4, -0.2) is 39.4 Å². The fourth-order valence-corrected chi connectivity index (χ4v) is 4.05. The second kappa shape index (κ2) is 9.80. The molecule has 2 aromatic carbocycles. The Hall–Kier alpha value is -3.84. The molecule has 0 spiro atoms. The van der Waals surface area contributed by atoms with Crippen LogP contribution in [0.1, 0.15) is 29.0 Å². The minimum absolute atomic E-state index is 0.0903. The van der Waals surface area contributed by atoms with Crippen molar-refractivity contribution in [1.82, 2.24) is 14.5 Å². The lowest BCUT2D eigenvalue weighted by atomic mass is 10.2. The Kier molecular flexibility index (Phi) is 6.42. The van der Waals surface area contributed by atoms with Crippen LogP contribution in [-0.2, 0) is 4.79 Å². The molecule has 1 aliphatic carbocycles. The van der Waals surface area contributed by atoms with Gasteiger partial charge in [0.05, 0.1) is 12.0 Å². The number of halogens is 1. The largest absolute Gasteiger partial charge is 0.459 e. The SMILES string of the molecule is Cc1cccc(-n2cc(-c3ccc(Cl)cc3)nc2NC(=O)CN(CC2CC2)C(=O)c2ccco2)c1. The fourth-order valence-electron chi connectivity index (χ4n) is 3.93. The van der Waals surface area contributed by atoms with Crippen LogP contribution in [0.3, 0.4) is 0 Å². The number of benzene rings is 2. The Balaban J connectivity index is 1.41. The van der Waals surface area contributed by atoms with Crippen molar-refractivity contribution in [3.8, 4) is 16.9 Å². The summed E-state index contributed by atoms with van der Waals surface area (Å²) in [6, 6.07) is 18.6. The zero-order chi connectivity index (χ0) is 24.4. The van der Waals surface area contributed by atoms with Crippen LogP contribution in [0.4, 0.5) is 5.95 Å². The second-order valence-electron chi connectivity index (χ2n) is 8.82. The average Bonchev–Trinajstić information content (AvgIpc) is 3.31. The lowest BCUT2D eigenvalue weighted by Crippen LogP contribution is -2.39. The van der Waals surface area contributed by atoms with Crippen molar-refractivity contribution < 1.29 is 14.0 Å². The molecule has 7 nitrogen and oxygen atoms in total. The molecule has 178 valence electrons. The number of aromatic nitrogens is 2. The quantitative estimate of drug-likeness (QED) is 0.351. The molecule has 2 heterocycles. The van der Waals surface area contributed by atoms with Gasteiger partial charge < -0.3 is 9.32 Å². The number of anilines is 1. The van der Waals surface area contributed by atoms with Crippen LogP contribution in [0, 0.1) is 12.8 Å². The standard InChI is InChI=1S/C27H25ClN4O3/c1-18-4-2-5-22(14-18)32-16-23(20-9-11-21(28)12-10-20)29-27(32)30-25(33)17-31(15-19-7-8-19)26(34)24-6-3-13-35-24/h2-6,9-14,16,19H,7-8,15,17H2,1H3,(H,29,30,33). The van der Waals surface area contributed by atoms with E-state index in [4.69, 9.17) is 21.0 Å². The molecule has 1 saturated carbocycles. The van der Waals surface area contributed by atoms with Crippen molar-refractivity contribution in [3.63, 3.8) is 0 Å². The number of furan rings is 1. The molecular weight excluding hydrogens is 464 g/mol. The Labute approximate surface area is 208 Å². The molecule has 1 aliphatic rings. The van der Waals surface area contributed by atoms with Gasteiger partial charge in [-0.2, -0.15) is 0 Å². The Morgan fingerprint density at radius 2 is 1.94 bits per heavy atom. The summed E-state index contributed by atoms with van der Waals surface area (Å²) in [6.07, 6.45) is 5.46. The van der Waals surface area contributed by atoms with Crippen LogP contribution in [0.25, 0.3) is 16.9 Å². The predicted octanol–water partition coefficient (Wildman–Crippen LogP) is 5.59. The molecule has 5 rings (SSSR count). The summed E-state index contributed by atoms with van der Waals surface area (Å²) < 4.78 is 7.12. The molecule has 0 atom stereocenters. The first-order chi connectivity index (χ1) is 17.0. The topological polar surface area (TPSA) is 80.4 Å². The van der Waals surface area contributed by atoms with Crippen molar-refractivity contribution >= 4 is 29.4 Å². The maximum absolute atomic E-state index is 13.1. The third-order valence-corrected chi connectivity index (χ3v) is 6.16. The molecule has 2 aromatic heterocycles. The number of imidazole rings is 1. The molecule has 0 aliphatic heterocycles. The molecule has 1 N–H and O–H groups in total. The van der Waals surface area contributed by atoms with E-state index in [1.54, 1.807) is 29.2 Å². The summed E-state index contributed by atoms with van der Waals surface area (Å²) in [5.41, 5.74) is 3.52. The van der Waals surface area contributed by atoms with Gasteiger partial charge in [-0.3, -0.25) is 19.5 Å². The van der Waals surface area contributed by atoms with E-state index in [0.29, 0.717) is 29.1 Å². The van der Waals surface area contributed by atoms with Gasteiger partial charge in [0.15, 0.2) is 5.76 Å². The average molecular weight is 489 g/mol. The van der Waals surface area contributed by atoms with Gasteiger partial charge in [0.1, 0.15) is 6.54 Å². The number of carbonyl (C=O) groups excluding carboxylic acids is 2. The molecular formula is C27H25ClN4O3. The second-order valence-corrected chi connectivity index (χ2v) is 9.26. The van der Waals surface area contributed by atoms with E-state index in [2.05, 4.69) is 5.32 Å². The minimum atomic E-state index is -0.326. The molecule has 1 fully saturated rings. The summed E-state index contributed by atoms with van der Waals surface area (Å²) in [6.45, 7) is 2.44. The highest BCUT2D eigenvalue weighted by Crippen LogP contribution is 2.30. The van der Waals surface area contributed by atoms with Crippen LogP contribution < -0.4 is 5.32 Å². The molecule has 0 unspecified atom stereocenters. The van der Waals surface area contributed by atoms with Crippen molar-refractivity contribution in [2.24, 2.45) is 5.92 Å². The molecule has 2 amide bonds. The van der Waals surface area contributed by atoms with Gasteiger partial charge in [0.2, 0.25) is 11.9 Å². The number of nitrogens with zero attached hydrogens (tertiary/aromatic N) is 3. The van der Waals surface area contributed by atoms with E-state index in [1.165, 1.54) is 6.26 Å². The van der Waals surface area contributed by atoms with Crippen molar-refractivity contribution in [1.29, 1.82) is 0 Å². The zero-order valence-corrected chi connectivity index (χ0v) is 20.0. The first-order valence-electron chi connectivity index (χ1n) is 11.5. The van der Waals surface area contributed by atoms with Gasteiger partial charge in [0, 0.05) is 29.0 Å². The lowest BCUT2D eigenvalue weighted by molar-refractivity contribution is -0.117. The number of amides is 2. The van der Waals surface area contributed by atoms with E-state index >= 15 is 0 Å². The molecule has 0 bridgehead atoms. The van der Waals surface area contributed by atoms with E-state index in [9.17, 15) is 9.59 Å². The molecule has 0 saturated heterocycles. The van der Waals surface area contributed by atoms with Gasteiger partial charge in [-0.05, 0) is 67.6 Å². The van der Waals surface area contributed by atoms with Crippen LogP contribution in [0.2, 0.25) is 5.02 Å². The highest BCUT2D eigenvalue weighted by molar-refractivity contribution is 6.30. The van der Waals surface area contributed by atoms with Crippen LogP contribution >= 0.6 is 11.6 Å². The Morgan fingerprint density at radius 3 is 2.63 bits per heavy atom. The van der Waals surface area contributed by atoms with Gasteiger partial charge in [-0.1, -0.05) is 35.9 Å². The van der Waals surface area contributed by atoms with E-state index < -0.39 is 0 Å². The van der Waals surface area contributed by atoms with Crippen molar-refractivity contribution in [3.05, 3.63) is 89.5 Å². The van der Waals surface area contributed by atoms with Crippen LogP contribution in [0.15, 0.2) is 77.5 Å². The number of aryl methyl sites for hydroxylation is 1. The van der Waals surface area contributed by atoms with E-state index in [0.717, 1.165) is 29.7 Å². The monoisotopic (exact) mass is 488 g/mol. The number of carbonyl (C=O) groups is 2.